The fourth-order valence-corrected chi connectivity index (χ4v) is 1.09. The Balaban J connectivity index is 6.26. The van der Waals surface area contributed by atoms with Crippen LogP contribution in [0.25, 0.3) is 0 Å². The lowest BCUT2D eigenvalue weighted by atomic mass is 9.94. The molecule has 0 aliphatic heterocycles. The first kappa shape index (κ1) is 23.6. The zero-order chi connectivity index (χ0) is 20.9. The number of hydrogen-bond acceptors (Lipinski definition) is 0. The van der Waals surface area contributed by atoms with E-state index in [1.54, 1.807) is 0 Å². The Labute approximate surface area is 126 Å². The van der Waals surface area contributed by atoms with Gasteiger partial charge in [0.15, 0.2) is 0 Å². The molecule has 150 valence electrons. The highest BCUT2D eigenvalue weighted by Gasteiger charge is 2.90. The molecule has 0 atom stereocenters. The Morgan fingerprint density at radius 1 is 0.360 bits per heavy atom. The molecule has 0 spiro atoms. The Morgan fingerprint density at radius 3 is 0.960 bits per heavy atom. The number of hydrogen-bond donors (Lipinski definition) is 0. The molecule has 0 amide bonds. The molecule has 0 aromatic carbocycles. The average molecular weight is 414 g/mol. The van der Waals surface area contributed by atoms with Gasteiger partial charge < -0.3 is 0 Å². The van der Waals surface area contributed by atoms with Gasteiger partial charge in [-0.2, -0.15) is 70.2 Å². The van der Waals surface area contributed by atoms with Crippen molar-refractivity contribution in [2.45, 2.75) is 42.0 Å². The second kappa shape index (κ2) is 5.82. The normalized spacial score (nSPS) is 16.6. The van der Waals surface area contributed by atoms with Crippen molar-refractivity contribution in [3.05, 3.63) is 12.2 Å². The largest absolute Gasteiger partial charge is 0.460 e. The van der Waals surface area contributed by atoms with Gasteiger partial charge in [0.05, 0.1) is 0 Å². The van der Waals surface area contributed by atoms with Crippen molar-refractivity contribution >= 4 is 0 Å². The van der Waals surface area contributed by atoms with E-state index in [1.165, 1.54) is 0 Å². The summed E-state index contributed by atoms with van der Waals surface area (Å²) >= 11 is 0. The maximum atomic E-state index is 12.9. The van der Waals surface area contributed by atoms with Crippen molar-refractivity contribution < 1.29 is 70.2 Å². The third-order valence-corrected chi connectivity index (χ3v) is 2.44. The van der Waals surface area contributed by atoms with Crippen LogP contribution in [-0.4, -0.2) is 42.0 Å². The highest BCUT2D eigenvalue weighted by molar-refractivity contribution is 5.15. The molecule has 0 bridgehead atoms. The van der Waals surface area contributed by atoms with E-state index in [1.807, 2.05) is 0 Å². The van der Waals surface area contributed by atoms with E-state index >= 15 is 0 Å². The number of rotatable bonds is 5. The van der Waals surface area contributed by atoms with Gasteiger partial charge in [0.1, 0.15) is 0 Å². The van der Waals surface area contributed by atoms with Crippen molar-refractivity contribution in [3.8, 4) is 0 Å². The third-order valence-electron chi connectivity index (χ3n) is 2.44. The van der Waals surface area contributed by atoms with Gasteiger partial charge in [-0.3, -0.25) is 0 Å². The molecular weight excluding hydrogens is 412 g/mol. The second-order valence-electron chi connectivity index (χ2n) is 4.29. The van der Waals surface area contributed by atoms with Crippen molar-refractivity contribution in [2.24, 2.45) is 0 Å². The summed E-state index contributed by atoms with van der Waals surface area (Å²) in [7, 11) is 0. The van der Waals surface area contributed by atoms with Crippen LogP contribution in [0.1, 0.15) is 0 Å². The van der Waals surface area contributed by atoms with Crippen LogP contribution in [0.4, 0.5) is 70.2 Å². The first-order valence-corrected chi connectivity index (χ1v) is 5.18. The monoisotopic (exact) mass is 414 g/mol. The lowest BCUT2D eigenvalue weighted by molar-refractivity contribution is -0.436. The Kier molecular flexibility index (Phi) is 5.50. The quantitative estimate of drug-likeness (QED) is 0.392. The van der Waals surface area contributed by atoms with Gasteiger partial charge in [-0.05, 0) is 6.08 Å². The van der Waals surface area contributed by atoms with Crippen LogP contribution in [0.15, 0.2) is 12.2 Å². The molecule has 25 heavy (non-hydrogen) atoms. The van der Waals surface area contributed by atoms with E-state index in [4.69, 9.17) is 0 Å². The minimum absolute atomic E-state index is 1.82. The molecule has 0 nitrogen and oxygen atoms in total. The predicted octanol–water partition coefficient (Wildman–Crippen LogP) is 5.84. The molecule has 0 aromatic rings. The summed E-state index contributed by atoms with van der Waals surface area (Å²) < 4.78 is 197. The average Bonchev–Trinajstić information content (AvgIpc) is 2.33. The summed E-state index contributed by atoms with van der Waals surface area (Å²) in [6.45, 7) is 0. The maximum Gasteiger partial charge on any atom is 0.460 e. The van der Waals surface area contributed by atoms with Gasteiger partial charge in [-0.1, -0.05) is 0 Å². The Bertz CT molecular complexity index is 503. The summed E-state index contributed by atoms with van der Waals surface area (Å²) in [6.07, 6.45) is -17.3. The summed E-state index contributed by atoms with van der Waals surface area (Å²) in [6, 6.07) is 0. The van der Waals surface area contributed by atoms with Crippen molar-refractivity contribution in [3.63, 3.8) is 0 Å². The molecule has 0 aromatic heterocycles. The van der Waals surface area contributed by atoms with Crippen LogP contribution < -0.4 is 0 Å². The Hall–Kier alpha value is -1.38. The van der Waals surface area contributed by atoms with E-state index in [2.05, 4.69) is 0 Å². The highest BCUT2D eigenvalue weighted by atomic mass is 19.4. The SMILES string of the molecule is FC(F)(F)/C=C/C(F)(F)C(F)(F)C(F)(F)C(F)(F)C(F)(F)C(F)(F)F. The predicted molar refractivity (Wildman–Crippen MR) is 46.0 cm³/mol. The standard InChI is InChI=1S/C9H2F16/c10-3(11,1-2-4(12,13)14)5(15,16)6(17,18)7(19,20)8(21,22)9(23,24)25/h1-2H/b2-1+. The second-order valence-corrected chi connectivity index (χ2v) is 4.29. The minimum atomic E-state index is -8.14. The molecule has 0 heterocycles. The molecule has 0 saturated carbocycles. The highest BCUT2D eigenvalue weighted by Crippen LogP contribution is 2.60. The fourth-order valence-electron chi connectivity index (χ4n) is 1.09. The number of alkyl halides is 16. The molecule has 0 unspecified atom stereocenters. The van der Waals surface area contributed by atoms with Crippen molar-refractivity contribution in [1.82, 2.24) is 0 Å². The molecule has 0 N–H and O–H groups in total. The molecule has 0 aliphatic carbocycles. The fraction of sp³-hybridized carbons (Fsp3) is 0.778. The van der Waals surface area contributed by atoms with E-state index in [9.17, 15) is 70.2 Å². The van der Waals surface area contributed by atoms with Gasteiger partial charge in [0, 0.05) is 6.08 Å². The molecule has 0 rings (SSSR count). The Morgan fingerprint density at radius 2 is 0.680 bits per heavy atom. The van der Waals surface area contributed by atoms with Gasteiger partial charge in [0.25, 0.3) is 0 Å². The van der Waals surface area contributed by atoms with Crippen LogP contribution in [0, 0.1) is 0 Å². The molecule has 16 heteroatoms. The molecule has 0 aliphatic rings. The number of halogens is 16. The number of allylic oxidation sites excluding steroid dienone is 2. The van der Waals surface area contributed by atoms with Crippen LogP contribution in [0.2, 0.25) is 0 Å². The lowest BCUT2D eigenvalue weighted by Gasteiger charge is -2.39. The smallest absolute Gasteiger partial charge is 0.195 e. The van der Waals surface area contributed by atoms with Gasteiger partial charge >= 0.3 is 42.0 Å². The zero-order valence-corrected chi connectivity index (χ0v) is 10.7. The van der Waals surface area contributed by atoms with E-state index in [0.29, 0.717) is 0 Å². The summed E-state index contributed by atoms with van der Waals surface area (Å²) in [4.78, 5) is 0. The van der Waals surface area contributed by atoms with Gasteiger partial charge in [0.2, 0.25) is 0 Å². The summed E-state index contributed by atoms with van der Waals surface area (Å²) in [5.41, 5.74) is 0. The van der Waals surface area contributed by atoms with E-state index in [-0.39, 0.29) is 0 Å². The zero-order valence-electron chi connectivity index (χ0n) is 10.7. The van der Waals surface area contributed by atoms with Crippen LogP contribution in [0.3, 0.4) is 0 Å². The van der Waals surface area contributed by atoms with Crippen molar-refractivity contribution in [2.75, 3.05) is 0 Å². The van der Waals surface area contributed by atoms with Crippen LogP contribution >= 0.6 is 0 Å². The van der Waals surface area contributed by atoms with Crippen molar-refractivity contribution in [1.29, 1.82) is 0 Å². The third kappa shape index (κ3) is 3.75. The van der Waals surface area contributed by atoms with Crippen LogP contribution in [-0.2, 0) is 0 Å². The maximum absolute atomic E-state index is 12.9. The first-order chi connectivity index (χ1) is 10.5. The molecule has 0 saturated heterocycles. The van der Waals surface area contributed by atoms with E-state index < -0.39 is 54.1 Å². The summed E-state index contributed by atoms with van der Waals surface area (Å²) in [5, 5.41) is 0. The molecular formula is C9H2F16. The van der Waals surface area contributed by atoms with E-state index in [0.717, 1.165) is 0 Å². The molecule has 0 fully saturated rings. The molecule has 0 radical (unpaired) electrons. The topological polar surface area (TPSA) is 0 Å². The first-order valence-electron chi connectivity index (χ1n) is 5.18. The minimum Gasteiger partial charge on any atom is -0.195 e. The van der Waals surface area contributed by atoms with Crippen LogP contribution in [0.5, 0.6) is 0 Å². The summed E-state index contributed by atoms with van der Waals surface area (Å²) in [5.74, 6) is -38.8. The lowest BCUT2D eigenvalue weighted by Crippen LogP contribution is -2.69. The van der Waals surface area contributed by atoms with Gasteiger partial charge in [-0.25, -0.2) is 0 Å². The van der Waals surface area contributed by atoms with Gasteiger partial charge in [-0.15, -0.1) is 0 Å².